The molecule has 2 aromatic rings. The van der Waals surface area contributed by atoms with Gasteiger partial charge in [-0.15, -0.1) is 0 Å². The third-order valence-corrected chi connectivity index (χ3v) is 4.04. The lowest BCUT2D eigenvalue weighted by molar-refractivity contribution is 0.673. The Morgan fingerprint density at radius 3 is 2.45 bits per heavy atom. The number of benzene rings is 1. The molecule has 116 valence electrons. The molecular formula is C16H18Cl2N4. The van der Waals surface area contributed by atoms with Gasteiger partial charge in [0, 0.05) is 21.0 Å². The summed E-state index contributed by atoms with van der Waals surface area (Å²) in [5, 5.41) is 1.31. The van der Waals surface area contributed by atoms with Crippen molar-refractivity contribution < 1.29 is 0 Å². The van der Waals surface area contributed by atoms with E-state index in [1.54, 1.807) is 12.1 Å². The Morgan fingerprint density at radius 1 is 1.14 bits per heavy atom. The molecule has 6 heteroatoms. The van der Waals surface area contributed by atoms with Crippen LogP contribution in [0.4, 0.5) is 11.8 Å². The summed E-state index contributed by atoms with van der Waals surface area (Å²) < 4.78 is 0. The maximum absolute atomic E-state index is 6.29. The Balaban J connectivity index is 2.42. The van der Waals surface area contributed by atoms with Crippen LogP contribution in [0.3, 0.4) is 0 Å². The molecule has 22 heavy (non-hydrogen) atoms. The molecule has 0 amide bonds. The molecule has 0 saturated carbocycles. The average Bonchev–Trinajstić information content (AvgIpc) is 2.40. The monoisotopic (exact) mass is 336 g/mol. The summed E-state index contributed by atoms with van der Waals surface area (Å²) in [5.74, 6) is 0.526. The predicted molar refractivity (Wildman–Crippen MR) is 94.1 cm³/mol. The molecule has 0 aliphatic heterocycles. The smallest absolute Gasteiger partial charge is 0.222 e. The minimum Gasteiger partial charge on any atom is -0.383 e. The zero-order valence-corrected chi connectivity index (χ0v) is 14.2. The van der Waals surface area contributed by atoms with Crippen molar-refractivity contribution in [3.63, 3.8) is 0 Å². The maximum Gasteiger partial charge on any atom is 0.222 e. The third kappa shape index (κ3) is 3.51. The van der Waals surface area contributed by atoms with Gasteiger partial charge in [0.1, 0.15) is 5.82 Å². The van der Waals surface area contributed by atoms with Crippen LogP contribution in [0.25, 0.3) is 6.08 Å². The van der Waals surface area contributed by atoms with Gasteiger partial charge in [-0.05, 0) is 30.7 Å². The molecule has 0 aliphatic rings. The summed E-state index contributed by atoms with van der Waals surface area (Å²) in [7, 11) is 0. The predicted octanol–water partition coefficient (Wildman–Crippen LogP) is 4.25. The highest BCUT2D eigenvalue weighted by molar-refractivity contribution is 6.33. The molecule has 0 saturated heterocycles. The fourth-order valence-electron chi connectivity index (χ4n) is 2.20. The Hall–Kier alpha value is -1.78. The number of aryl methyl sites for hydroxylation is 1. The van der Waals surface area contributed by atoms with Crippen LogP contribution >= 0.6 is 23.2 Å². The van der Waals surface area contributed by atoms with Gasteiger partial charge in [0.25, 0.3) is 0 Å². The summed E-state index contributed by atoms with van der Waals surface area (Å²) in [6.07, 6.45) is 3.89. The van der Waals surface area contributed by atoms with Crippen molar-refractivity contribution in [3.05, 3.63) is 51.1 Å². The number of halogens is 2. The van der Waals surface area contributed by atoms with Gasteiger partial charge in [0.15, 0.2) is 0 Å². The number of anilines is 2. The molecule has 0 aliphatic carbocycles. The van der Waals surface area contributed by atoms with Crippen LogP contribution in [0.1, 0.15) is 30.7 Å². The highest BCUT2D eigenvalue weighted by atomic mass is 35.5. The van der Waals surface area contributed by atoms with E-state index in [2.05, 4.69) is 9.97 Å². The van der Waals surface area contributed by atoms with Crippen molar-refractivity contribution >= 4 is 41.0 Å². The first-order valence-electron chi connectivity index (χ1n) is 6.75. The van der Waals surface area contributed by atoms with Crippen LogP contribution in [0.15, 0.2) is 24.3 Å². The van der Waals surface area contributed by atoms with E-state index in [-0.39, 0.29) is 11.4 Å². The van der Waals surface area contributed by atoms with E-state index in [0.717, 1.165) is 16.8 Å². The molecule has 1 heterocycles. The summed E-state index contributed by atoms with van der Waals surface area (Å²) in [5.41, 5.74) is 13.6. The molecule has 0 spiro atoms. The van der Waals surface area contributed by atoms with Gasteiger partial charge in [-0.2, -0.15) is 4.98 Å². The minimum absolute atomic E-state index is 0.171. The molecular weight excluding hydrogens is 319 g/mol. The molecule has 0 radical (unpaired) electrons. The van der Waals surface area contributed by atoms with Crippen molar-refractivity contribution in [2.75, 3.05) is 11.5 Å². The lowest BCUT2D eigenvalue weighted by Crippen LogP contribution is -2.14. The Kier molecular flexibility index (Phi) is 4.63. The van der Waals surface area contributed by atoms with Crippen molar-refractivity contribution in [1.29, 1.82) is 0 Å². The first kappa shape index (κ1) is 16.6. The summed E-state index contributed by atoms with van der Waals surface area (Å²) in [6.45, 7) is 5.93. The van der Waals surface area contributed by atoms with Gasteiger partial charge in [0.2, 0.25) is 5.95 Å². The standard InChI is InChI=1S/C16H18Cl2N4/c1-9-11(14(19)22-15(20)21-9)6-7-16(2,3)12-8-10(17)4-5-13(12)18/h4-8H,1-3H3,(H4,19,20,21,22)/b7-6+. The lowest BCUT2D eigenvalue weighted by Gasteiger charge is -2.23. The number of allylic oxidation sites excluding steroid dienone is 1. The first-order chi connectivity index (χ1) is 10.2. The average molecular weight is 337 g/mol. The number of nitrogens with two attached hydrogens (primary N) is 2. The third-order valence-electron chi connectivity index (χ3n) is 3.47. The van der Waals surface area contributed by atoms with E-state index in [1.165, 1.54) is 0 Å². The molecule has 2 rings (SSSR count). The summed E-state index contributed by atoms with van der Waals surface area (Å²) in [4.78, 5) is 8.11. The van der Waals surface area contributed by atoms with Crippen LogP contribution in [0.5, 0.6) is 0 Å². The zero-order valence-electron chi connectivity index (χ0n) is 12.7. The van der Waals surface area contributed by atoms with E-state index >= 15 is 0 Å². The molecule has 0 fully saturated rings. The first-order valence-corrected chi connectivity index (χ1v) is 7.50. The van der Waals surface area contributed by atoms with Gasteiger partial charge in [0.05, 0.1) is 5.69 Å². The number of hydrogen-bond donors (Lipinski definition) is 2. The zero-order chi connectivity index (χ0) is 16.5. The highest BCUT2D eigenvalue weighted by Gasteiger charge is 2.21. The second kappa shape index (κ2) is 6.15. The van der Waals surface area contributed by atoms with Gasteiger partial charge < -0.3 is 11.5 Å². The lowest BCUT2D eigenvalue weighted by atomic mass is 9.84. The molecule has 0 bridgehead atoms. The second-order valence-corrected chi connectivity index (χ2v) is 6.49. The number of hydrogen-bond acceptors (Lipinski definition) is 4. The maximum atomic E-state index is 6.29. The van der Waals surface area contributed by atoms with E-state index in [0.29, 0.717) is 15.9 Å². The highest BCUT2D eigenvalue weighted by Crippen LogP contribution is 2.34. The topological polar surface area (TPSA) is 77.8 Å². The van der Waals surface area contributed by atoms with Crippen molar-refractivity contribution in [2.45, 2.75) is 26.2 Å². The van der Waals surface area contributed by atoms with Gasteiger partial charge in [-0.25, -0.2) is 4.98 Å². The summed E-state index contributed by atoms with van der Waals surface area (Å²) in [6, 6.07) is 5.42. The number of nitrogens with zero attached hydrogens (tertiary/aromatic N) is 2. The summed E-state index contributed by atoms with van der Waals surface area (Å²) >= 11 is 12.4. The molecule has 4 nitrogen and oxygen atoms in total. The number of nitrogen functional groups attached to an aromatic ring is 2. The van der Waals surface area contributed by atoms with Gasteiger partial charge in [-0.3, -0.25) is 0 Å². The number of aromatic nitrogens is 2. The van der Waals surface area contributed by atoms with E-state index in [1.807, 2.05) is 39.0 Å². The molecule has 4 N–H and O–H groups in total. The van der Waals surface area contributed by atoms with Crippen LogP contribution in [-0.4, -0.2) is 9.97 Å². The fraction of sp³-hybridized carbons (Fsp3) is 0.250. The van der Waals surface area contributed by atoms with Gasteiger partial charge >= 0.3 is 0 Å². The molecule has 1 aromatic carbocycles. The van der Waals surface area contributed by atoms with E-state index in [9.17, 15) is 0 Å². The van der Waals surface area contributed by atoms with Crippen LogP contribution in [0.2, 0.25) is 10.0 Å². The van der Waals surface area contributed by atoms with Crippen LogP contribution < -0.4 is 11.5 Å². The van der Waals surface area contributed by atoms with E-state index < -0.39 is 0 Å². The Labute approximate surface area is 140 Å². The van der Waals surface area contributed by atoms with Gasteiger partial charge in [-0.1, -0.05) is 49.2 Å². The SMILES string of the molecule is Cc1nc(N)nc(N)c1/C=C/C(C)(C)c1cc(Cl)ccc1Cl. The van der Waals surface area contributed by atoms with Crippen LogP contribution in [-0.2, 0) is 5.41 Å². The molecule has 1 aromatic heterocycles. The van der Waals surface area contributed by atoms with Crippen molar-refractivity contribution in [3.8, 4) is 0 Å². The largest absolute Gasteiger partial charge is 0.383 e. The van der Waals surface area contributed by atoms with E-state index in [4.69, 9.17) is 34.7 Å². The van der Waals surface area contributed by atoms with Crippen LogP contribution in [0, 0.1) is 6.92 Å². The Bertz CT molecular complexity index is 716. The second-order valence-electron chi connectivity index (χ2n) is 5.65. The Morgan fingerprint density at radius 2 is 1.82 bits per heavy atom. The molecule has 0 unspecified atom stereocenters. The minimum atomic E-state index is -0.331. The fourth-order valence-corrected chi connectivity index (χ4v) is 2.74. The number of rotatable bonds is 3. The quantitative estimate of drug-likeness (QED) is 0.878. The van der Waals surface area contributed by atoms with Crippen molar-refractivity contribution in [1.82, 2.24) is 9.97 Å². The normalized spacial score (nSPS) is 12.0. The van der Waals surface area contributed by atoms with Crippen molar-refractivity contribution in [2.24, 2.45) is 0 Å². The molecule has 0 atom stereocenters.